The number of rotatable bonds is 11. The molecule has 0 amide bonds. The van der Waals surface area contributed by atoms with E-state index in [-0.39, 0.29) is 12.3 Å². The fourth-order valence-corrected chi connectivity index (χ4v) is 2.96. The maximum atomic E-state index is 12.3. The average molecular weight is 433 g/mol. The molecule has 2 aromatic rings. The Bertz CT molecular complexity index is 842. The molecule has 2 aromatic carbocycles. The molecule has 0 saturated heterocycles. The van der Waals surface area contributed by atoms with Crippen molar-refractivity contribution in [3.8, 4) is 11.5 Å². The van der Waals surface area contributed by atoms with E-state index in [2.05, 4.69) is 20.4 Å². The second kappa shape index (κ2) is 11.5. The molecule has 0 radical (unpaired) electrons. The van der Waals surface area contributed by atoms with E-state index in [4.69, 9.17) is 4.74 Å². The summed E-state index contributed by atoms with van der Waals surface area (Å²) < 4.78 is 34.8. The number of guanidine groups is 1. The molecule has 0 spiro atoms. The molecule has 0 bridgehead atoms. The molecule has 168 valence electrons. The van der Waals surface area contributed by atoms with Gasteiger partial charge in [0.15, 0.2) is 5.96 Å². The maximum absolute atomic E-state index is 12.3. The van der Waals surface area contributed by atoms with E-state index in [0.717, 1.165) is 17.9 Å². The molecule has 1 fully saturated rings. The summed E-state index contributed by atoms with van der Waals surface area (Å²) in [5.41, 5.74) is 1.58. The largest absolute Gasteiger partial charge is 0.493 e. The van der Waals surface area contributed by atoms with Crippen LogP contribution in [0, 0.1) is 5.92 Å². The van der Waals surface area contributed by atoms with E-state index in [1.54, 1.807) is 12.1 Å². The van der Waals surface area contributed by atoms with Crippen molar-refractivity contribution in [1.82, 2.24) is 10.6 Å². The highest BCUT2D eigenvalue weighted by Crippen LogP contribution is 2.30. The molecule has 6 nitrogen and oxygen atoms in total. The molecular formula is C23H29F2N3O3. The van der Waals surface area contributed by atoms with Crippen molar-refractivity contribution >= 4 is 5.96 Å². The number of hydrogen-bond acceptors (Lipinski definition) is 4. The average Bonchev–Trinajstić information content (AvgIpc) is 3.59. The van der Waals surface area contributed by atoms with Crippen molar-refractivity contribution in [2.24, 2.45) is 10.9 Å². The zero-order valence-electron chi connectivity index (χ0n) is 17.6. The van der Waals surface area contributed by atoms with Gasteiger partial charge in [-0.05, 0) is 49.4 Å². The normalized spacial score (nSPS) is 14.9. The molecule has 1 aliphatic carbocycles. The van der Waals surface area contributed by atoms with E-state index >= 15 is 0 Å². The van der Waals surface area contributed by atoms with Gasteiger partial charge < -0.3 is 25.2 Å². The smallest absolute Gasteiger partial charge is 0.387 e. The summed E-state index contributed by atoms with van der Waals surface area (Å²) in [4.78, 5) is 4.60. The lowest BCUT2D eigenvalue weighted by molar-refractivity contribution is -0.0498. The first-order valence-electron chi connectivity index (χ1n) is 10.5. The lowest BCUT2D eigenvalue weighted by atomic mass is 10.1. The summed E-state index contributed by atoms with van der Waals surface area (Å²) in [6.07, 6.45) is 1.64. The molecule has 8 heteroatoms. The van der Waals surface area contributed by atoms with Gasteiger partial charge in [0.25, 0.3) is 0 Å². The number of aliphatic imine (C=N–C) groups is 1. The van der Waals surface area contributed by atoms with Gasteiger partial charge in [0, 0.05) is 18.7 Å². The van der Waals surface area contributed by atoms with E-state index in [9.17, 15) is 13.9 Å². The first-order chi connectivity index (χ1) is 15.0. The number of aliphatic hydroxyl groups excluding tert-OH is 1. The third-order valence-electron chi connectivity index (χ3n) is 4.85. The lowest BCUT2D eigenvalue weighted by Gasteiger charge is -2.16. The van der Waals surface area contributed by atoms with Crippen LogP contribution in [0.4, 0.5) is 8.78 Å². The molecule has 3 N–H and O–H groups in total. The van der Waals surface area contributed by atoms with Crippen molar-refractivity contribution in [3.05, 3.63) is 59.7 Å². The Kier molecular flexibility index (Phi) is 8.46. The van der Waals surface area contributed by atoms with Gasteiger partial charge in [0.2, 0.25) is 0 Å². The summed E-state index contributed by atoms with van der Waals surface area (Å²) in [6.45, 7) is 1.14. The lowest BCUT2D eigenvalue weighted by Crippen LogP contribution is -2.39. The number of nitrogens with one attached hydrogen (secondary N) is 2. The second-order valence-corrected chi connectivity index (χ2v) is 7.40. The van der Waals surface area contributed by atoms with E-state index in [0.29, 0.717) is 30.5 Å². The third kappa shape index (κ3) is 7.71. The van der Waals surface area contributed by atoms with E-state index < -0.39 is 12.7 Å². The van der Waals surface area contributed by atoms with E-state index in [1.807, 2.05) is 31.2 Å². The van der Waals surface area contributed by atoms with Crippen LogP contribution in [-0.2, 0) is 6.54 Å². The Morgan fingerprint density at radius 3 is 2.55 bits per heavy atom. The molecule has 1 aliphatic rings. The predicted molar refractivity (Wildman–Crippen MR) is 116 cm³/mol. The van der Waals surface area contributed by atoms with Crippen LogP contribution in [0.15, 0.2) is 53.5 Å². The first-order valence-corrected chi connectivity index (χ1v) is 10.5. The number of alkyl halides is 2. The SMILES string of the molecule is CCNC(=NCc1ccccc1OCC1CC1)NCC(O)c1ccc(OC(F)F)cc1. The van der Waals surface area contributed by atoms with Crippen LogP contribution in [0.5, 0.6) is 11.5 Å². The van der Waals surface area contributed by atoms with Crippen LogP contribution in [0.25, 0.3) is 0 Å². The second-order valence-electron chi connectivity index (χ2n) is 7.40. The molecule has 1 unspecified atom stereocenters. The minimum Gasteiger partial charge on any atom is -0.493 e. The maximum Gasteiger partial charge on any atom is 0.387 e. The first kappa shape index (κ1) is 22.8. The zero-order valence-corrected chi connectivity index (χ0v) is 17.6. The molecule has 0 heterocycles. The van der Waals surface area contributed by atoms with Gasteiger partial charge in [-0.15, -0.1) is 0 Å². The van der Waals surface area contributed by atoms with Gasteiger partial charge in [-0.3, -0.25) is 0 Å². The number of para-hydroxylation sites is 1. The van der Waals surface area contributed by atoms with E-state index in [1.165, 1.54) is 25.0 Å². The number of ether oxygens (including phenoxy) is 2. The molecule has 0 aliphatic heterocycles. The Morgan fingerprint density at radius 2 is 1.87 bits per heavy atom. The van der Waals surface area contributed by atoms with Crippen LogP contribution in [0.3, 0.4) is 0 Å². The highest BCUT2D eigenvalue weighted by molar-refractivity contribution is 5.79. The number of benzene rings is 2. The van der Waals surface area contributed by atoms with Crippen LogP contribution >= 0.6 is 0 Å². The number of halogens is 2. The fraction of sp³-hybridized carbons (Fsp3) is 0.435. The van der Waals surface area contributed by atoms with Crippen molar-refractivity contribution in [2.75, 3.05) is 19.7 Å². The number of nitrogens with zero attached hydrogens (tertiary/aromatic N) is 1. The van der Waals surface area contributed by atoms with Crippen molar-refractivity contribution in [3.63, 3.8) is 0 Å². The van der Waals surface area contributed by atoms with Gasteiger partial charge >= 0.3 is 6.61 Å². The van der Waals surface area contributed by atoms with Crippen LogP contribution in [0.2, 0.25) is 0 Å². The zero-order chi connectivity index (χ0) is 22.1. The topological polar surface area (TPSA) is 75.1 Å². The molecule has 1 saturated carbocycles. The van der Waals surface area contributed by atoms with Crippen molar-refractivity contribution in [2.45, 2.75) is 39.0 Å². The summed E-state index contributed by atoms with van der Waals surface area (Å²) in [5.74, 6) is 2.14. The van der Waals surface area contributed by atoms with Crippen molar-refractivity contribution < 1.29 is 23.4 Å². The highest BCUT2D eigenvalue weighted by Gasteiger charge is 2.22. The van der Waals surface area contributed by atoms with Crippen LogP contribution in [0.1, 0.15) is 37.0 Å². The number of aliphatic hydroxyl groups is 1. The number of hydrogen-bond donors (Lipinski definition) is 3. The third-order valence-corrected chi connectivity index (χ3v) is 4.85. The fourth-order valence-electron chi connectivity index (χ4n) is 2.96. The summed E-state index contributed by atoms with van der Waals surface area (Å²) in [6, 6.07) is 13.8. The summed E-state index contributed by atoms with van der Waals surface area (Å²) in [5, 5.41) is 16.7. The predicted octanol–water partition coefficient (Wildman–Crippen LogP) is 3.87. The highest BCUT2D eigenvalue weighted by atomic mass is 19.3. The van der Waals surface area contributed by atoms with Gasteiger partial charge in [-0.25, -0.2) is 4.99 Å². The minimum absolute atomic E-state index is 0.0522. The molecule has 0 aromatic heterocycles. The molecule has 31 heavy (non-hydrogen) atoms. The molecule has 1 atom stereocenters. The summed E-state index contributed by atoms with van der Waals surface area (Å²) in [7, 11) is 0. The van der Waals surface area contributed by atoms with Gasteiger partial charge in [0.05, 0.1) is 19.3 Å². The monoisotopic (exact) mass is 433 g/mol. The van der Waals surface area contributed by atoms with Gasteiger partial charge in [-0.2, -0.15) is 8.78 Å². The standard InChI is InChI=1S/C23H29F2N3O3/c1-2-26-23(27-13-18-5-3-4-6-21(18)30-15-16-7-8-16)28-14-20(29)17-9-11-19(12-10-17)31-22(24)25/h3-6,9-12,16,20,22,29H,2,7-8,13-15H2,1H3,(H2,26,27,28). The van der Waals surface area contributed by atoms with Gasteiger partial charge in [0.1, 0.15) is 11.5 Å². The minimum atomic E-state index is -2.87. The Balaban J connectivity index is 1.56. The van der Waals surface area contributed by atoms with Crippen LogP contribution in [-0.4, -0.2) is 37.4 Å². The Hall–Kier alpha value is -2.87. The Morgan fingerprint density at radius 1 is 1.13 bits per heavy atom. The molecule has 3 rings (SSSR count). The Labute approximate surface area is 181 Å². The summed E-state index contributed by atoms with van der Waals surface area (Å²) >= 11 is 0. The van der Waals surface area contributed by atoms with Crippen molar-refractivity contribution in [1.29, 1.82) is 0 Å². The van der Waals surface area contributed by atoms with Gasteiger partial charge in [-0.1, -0.05) is 30.3 Å². The quantitative estimate of drug-likeness (QED) is 0.371. The molecular weight excluding hydrogens is 404 g/mol. The van der Waals surface area contributed by atoms with Crippen LogP contribution < -0.4 is 20.1 Å².